The molecule has 0 fully saturated rings. The van der Waals surface area contributed by atoms with Gasteiger partial charge in [0.1, 0.15) is 0 Å². The summed E-state index contributed by atoms with van der Waals surface area (Å²) >= 11 is 0. The van der Waals surface area contributed by atoms with Crippen LogP contribution in [0.2, 0.25) is 0 Å². The second-order valence-electron chi connectivity index (χ2n) is 3.82. The third-order valence-electron chi connectivity index (χ3n) is 2.84. The highest BCUT2D eigenvalue weighted by atomic mass is 16.6. The molecule has 1 aliphatic rings. The normalized spacial score (nSPS) is 17.3. The molecule has 1 aromatic rings. The number of primary amides is 1. The van der Waals surface area contributed by atoms with Crippen molar-refractivity contribution in [3.63, 3.8) is 0 Å². The van der Waals surface area contributed by atoms with Gasteiger partial charge in [0.2, 0.25) is 5.91 Å². The summed E-state index contributed by atoms with van der Waals surface area (Å²) in [5, 5.41) is 19.9. The lowest BCUT2D eigenvalue weighted by molar-refractivity contribution is -0.385. The third-order valence-corrected chi connectivity index (χ3v) is 2.84. The molecule has 0 aromatic heterocycles. The largest absolute Gasteiger partial charge is 0.465 e. The fourth-order valence-electron chi connectivity index (χ4n) is 2.08. The van der Waals surface area contributed by atoms with Crippen molar-refractivity contribution in [1.29, 1.82) is 0 Å². The molecule has 1 atom stereocenters. The van der Waals surface area contributed by atoms with Gasteiger partial charge >= 0.3 is 6.09 Å². The van der Waals surface area contributed by atoms with Crippen molar-refractivity contribution >= 4 is 23.4 Å². The number of hydrogen-bond donors (Lipinski definition) is 2. The van der Waals surface area contributed by atoms with E-state index in [1.165, 1.54) is 18.2 Å². The summed E-state index contributed by atoms with van der Waals surface area (Å²) in [6, 6.07) is 4.01. The summed E-state index contributed by atoms with van der Waals surface area (Å²) in [5.74, 6) is -1.77. The Morgan fingerprint density at radius 1 is 1.50 bits per heavy atom. The van der Waals surface area contributed by atoms with E-state index in [9.17, 15) is 19.7 Å². The monoisotopic (exact) mass is 251 g/mol. The van der Waals surface area contributed by atoms with Crippen LogP contribution in [-0.2, 0) is 4.79 Å². The first-order chi connectivity index (χ1) is 8.43. The van der Waals surface area contributed by atoms with E-state index in [-0.39, 0.29) is 23.5 Å². The molecule has 8 heteroatoms. The fraction of sp³-hybridized carbons (Fsp3) is 0.200. The Hall–Kier alpha value is -2.64. The highest BCUT2D eigenvalue weighted by molar-refractivity contribution is 5.97. The number of nitro benzene ring substituents is 1. The van der Waals surface area contributed by atoms with Gasteiger partial charge in [-0.25, -0.2) is 4.79 Å². The minimum Gasteiger partial charge on any atom is -0.465 e. The van der Waals surface area contributed by atoms with Crippen molar-refractivity contribution in [2.75, 3.05) is 11.4 Å². The van der Waals surface area contributed by atoms with Crippen molar-refractivity contribution in [2.45, 2.75) is 5.92 Å². The van der Waals surface area contributed by atoms with Gasteiger partial charge in [0.05, 0.1) is 22.1 Å². The van der Waals surface area contributed by atoms with E-state index in [4.69, 9.17) is 10.8 Å². The predicted molar refractivity (Wildman–Crippen MR) is 60.4 cm³/mol. The minimum absolute atomic E-state index is 0.0670. The molecular formula is C10H9N3O5. The van der Waals surface area contributed by atoms with E-state index in [0.717, 1.165) is 4.90 Å². The minimum atomic E-state index is -1.28. The molecule has 2 amide bonds. The molecule has 0 saturated heterocycles. The summed E-state index contributed by atoms with van der Waals surface area (Å²) in [7, 11) is 0. The van der Waals surface area contributed by atoms with Crippen LogP contribution >= 0.6 is 0 Å². The van der Waals surface area contributed by atoms with Crippen LogP contribution in [0.3, 0.4) is 0 Å². The number of amides is 2. The molecule has 3 N–H and O–H groups in total. The van der Waals surface area contributed by atoms with Gasteiger partial charge < -0.3 is 10.8 Å². The van der Waals surface area contributed by atoms with E-state index in [1.54, 1.807) is 0 Å². The van der Waals surface area contributed by atoms with Crippen LogP contribution in [0, 0.1) is 10.1 Å². The Labute approximate surface area is 101 Å². The van der Waals surface area contributed by atoms with Crippen molar-refractivity contribution < 1.29 is 19.6 Å². The highest BCUT2D eigenvalue weighted by Gasteiger charge is 2.40. The van der Waals surface area contributed by atoms with Gasteiger partial charge in [0.15, 0.2) is 0 Å². The maximum Gasteiger partial charge on any atom is 0.411 e. The number of carboxylic acid groups (broad SMARTS) is 1. The molecule has 1 aliphatic heterocycles. The molecule has 1 unspecified atom stereocenters. The van der Waals surface area contributed by atoms with Crippen LogP contribution in [-0.4, -0.2) is 28.6 Å². The van der Waals surface area contributed by atoms with Gasteiger partial charge in [-0.3, -0.25) is 19.8 Å². The highest BCUT2D eigenvalue weighted by Crippen LogP contribution is 2.41. The maximum absolute atomic E-state index is 11.3. The van der Waals surface area contributed by atoms with Crippen LogP contribution in [0.1, 0.15) is 11.5 Å². The zero-order chi connectivity index (χ0) is 13.4. The zero-order valence-electron chi connectivity index (χ0n) is 9.07. The molecule has 0 saturated carbocycles. The summed E-state index contributed by atoms with van der Waals surface area (Å²) in [4.78, 5) is 33.4. The number of nitrogens with two attached hydrogens (primary N) is 1. The number of carbonyl (C=O) groups excluding carboxylic acids is 1. The molecule has 1 heterocycles. The molecule has 0 aliphatic carbocycles. The SMILES string of the molecule is NC(=O)C1CN(C(=O)O)c2cccc([N+](=O)[O-])c21. The summed E-state index contributed by atoms with van der Waals surface area (Å²) < 4.78 is 0. The van der Waals surface area contributed by atoms with Gasteiger partial charge in [0.25, 0.3) is 5.69 Å². The number of rotatable bonds is 2. The lowest BCUT2D eigenvalue weighted by Gasteiger charge is -2.11. The number of nitro groups is 1. The topological polar surface area (TPSA) is 127 Å². The van der Waals surface area contributed by atoms with Gasteiger partial charge in [-0.2, -0.15) is 0 Å². The van der Waals surface area contributed by atoms with E-state index < -0.39 is 22.8 Å². The number of fused-ring (bicyclic) bond motifs is 1. The molecule has 8 nitrogen and oxygen atoms in total. The second kappa shape index (κ2) is 3.99. The van der Waals surface area contributed by atoms with Crippen LogP contribution in [0.15, 0.2) is 18.2 Å². The zero-order valence-corrected chi connectivity index (χ0v) is 9.07. The predicted octanol–water partition coefficient (Wildman–Crippen LogP) is 0.662. The molecule has 18 heavy (non-hydrogen) atoms. The second-order valence-corrected chi connectivity index (χ2v) is 3.82. The Balaban J connectivity index is 2.65. The Bertz CT molecular complexity index is 556. The third kappa shape index (κ3) is 1.63. The maximum atomic E-state index is 11.3. The Morgan fingerprint density at radius 2 is 2.17 bits per heavy atom. The number of nitrogens with zero attached hydrogens (tertiary/aromatic N) is 2. The first-order valence-electron chi connectivity index (χ1n) is 5.00. The fourth-order valence-corrected chi connectivity index (χ4v) is 2.08. The van der Waals surface area contributed by atoms with E-state index in [2.05, 4.69) is 0 Å². The van der Waals surface area contributed by atoms with Crippen molar-refractivity contribution in [3.8, 4) is 0 Å². The van der Waals surface area contributed by atoms with E-state index in [1.807, 2.05) is 0 Å². The number of benzene rings is 1. The number of carbonyl (C=O) groups is 2. The van der Waals surface area contributed by atoms with Crippen LogP contribution < -0.4 is 10.6 Å². The van der Waals surface area contributed by atoms with Gasteiger partial charge in [0, 0.05) is 12.6 Å². The average molecular weight is 251 g/mol. The quantitative estimate of drug-likeness (QED) is 0.589. The van der Waals surface area contributed by atoms with Crippen LogP contribution in [0.4, 0.5) is 16.2 Å². The molecule has 0 bridgehead atoms. The Morgan fingerprint density at radius 3 is 2.67 bits per heavy atom. The van der Waals surface area contributed by atoms with Crippen LogP contribution in [0.25, 0.3) is 0 Å². The first kappa shape index (κ1) is 11.8. The summed E-state index contributed by atoms with van der Waals surface area (Å²) in [6.07, 6.45) is -1.28. The van der Waals surface area contributed by atoms with Gasteiger partial charge in [-0.05, 0) is 6.07 Å². The lowest BCUT2D eigenvalue weighted by atomic mass is 9.99. The Kier molecular flexibility index (Phi) is 2.62. The smallest absolute Gasteiger partial charge is 0.411 e. The number of hydrogen-bond acceptors (Lipinski definition) is 4. The van der Waals surface area contributed by atoms with Crippen molar-refractivity contribution in [1.82, 2.24) is 0 Å². The molecule has 2 rings (SSSR count). The van der Waals surface area contributed by atoms with E-state index in [0.29, 0.717) is 0 Å². The first-order valence-corrected chi connectivity index (χ1v) is 5.00. The van der Waals surface area contributed by atoms with Crippen molar-refractivity contribution in [2.24, 2.45) is 5.73 Å². The number of anilines is 1. The summed E-state index contributed by atoms with van der Waals surface area (Å²) in [6.45, 7) is -0.190. The lowest BCUT2D eigenvalue weighted by Crippen LogP contribution is -2.31. The molecule has 0 spiro atoms. The van der Waals surface area contributed by atoms with Gasteiger partial charge in [-0.15, -0.1) is 0 Å². The standard InChI is InChI=1S/C10H9N3O5/c11-9(14)5-4-12(10(15)16)6-2-1-3-7(8(5)6)13(17)18/h1-3,5H,4H2,(H2,11,14)(H,15,16). The van der Waals surface area contributed by atoms with E-state index >= 15 is 0 Å². The molecular weight excluding hydrogens is 242 g/mol. The van der Waals surface area contributed by atoms with Crippen molar-refractivity contribution in [3.05, 3.63) is 33.9 Å². The molecule has 0 radical (unpaired) electrons. The van der Waals surface area contributed by atoms with Gasteiger partial charge in [-0.1, -0.05) is 6.07 Å². The molecule has 1 aromatic carbocycles. The summed E-state index contributed by atoms with van der Waals surface area (Å²) in [5.41, 5.74) is 5.08. The van der Waals surface area contributed by atoms with Crippen LogP contribution in [0.5, 0.6) is 0 Å². The average Bonchev–Trinajstić information content (AvgIpc) is 2.67. The molecule has 94 valence electrons.